The van der Waals surface area contributed by atoms with Crippen molar-refractivity contribution in [3.63, 3.8) is 0 Å². The van der Waals surface area contributed by atoms with Gasteiger partial charge in [-0.3, -0.25) is 0 Å². The van der Waals surface area contributed by atoms with Crippen LogP contribution in [-0.4, -0.2) is 23.9 Å². The zero-order chi connectivity index (χ0) is 12.8. The number of rotatable bonds is 4. The van der Waals surface area contributed by atoms with Crippen LogP contribution in [0.25, 0.3) is 0 Å². The third-order valence-corrected chi connectivity index (χ3v) is 2.23. The molecule has 5 heteroatoms. The van der Waals surface area contributed by atoms with Gasteiger partial charge in [-0.15, -0.1) is 0 Å². The van der Waals surface area contributed by atoms with Crippen LogP contribution in [0.5, 0.6) is 11.5 Å². The molecule has 0 atom stereocenters. The fraction of sp³-hybridized carbons (Fsp3) is 0.250. The SMILES string of the molecule is C=C(C)CNC(=S)Nc1ccc(OC)c(O)c1. The lowest BCUT2D eigenvalue weighted by Gasteiger charge is -2.11. The van der Waals surface area contributed by atoms with Crippen LogP contribution in [0.15, 0.2) is 30.4 Å². The second-order valence-electron chi connectivity index (χ2n) is 3.65. The van der Waals surface area contributed by atoms with Gasteiger partial charge in [0.25, 0.3) is 0 Å². The van der Waals surface area contributed by atoms with Crippen LogP contribution in [0.1, 0.15) is 6.92 Å². The molecular formula is C12H16N2O2S. The number of hydrogen-bond acceptors (Lipinski definition) is 3. The highest BCUT2D eigenvalue weighted by atomic mass is 32.1. The van der Waals surface area contributed by atoms with E-state index in [1.807, 2.05) is 6.92 Å². The summed E-state index contributed by atoms with van der Waals surface area (Å²) in [7, 11) is 1.50. The first-order valence-electron chi connectivity index (χ1n) is 5.09. The summed E-state index contributed by atoms with van der Waals surface area (Å²) >= 11 is 5.08. The highest BCUT2D eigenvalue weighted by Crippen LogP contribution is 2.28. The third kappa shape index (κ3) is 4.32. The number of nitrogens with one attached hydrogen (secondary N) is 2. The van der Waals surface area contributed by atoms with E-state index in [0.29, 0.717) is 23.1 Å². The Morgan fingerprint density at radius 1 is 1.53 bits per heavy atom. The molecule has 92 valence electrons. The minimum atomic E-state index is 0.0696. The molecule has 0 spiro atoms. The Bertz CT molecular complexity index is 433. The van der Waals surface area contributed by atoms with E-state index in [-0.39, 0.29) is 5.75 Å². The highest BCUT2D eigenvalue weighted by molar-refractivity contribution is 7.80. The van der Waals surface area contributed by atoms with Crippen LogP contribution in [0.3, 0.4) is 0 Å². The Labute approximate surface area is 106 Å². The second-order valence-corrected chi connectivity index (χ2v) is 4.06. The summed E-state index contributed by atoms with van der Waals surface area (Å²) in [5, 5.41) is 16.0. The van der Waals surface area contributed by atoms with Crippen molar-refractivity contribution in [3.05, 3.63) is 30.4 Å². The van der Waals surface area contributed by atoms with E-state index >= 15 is 0 Å². The molecule has 0 saturated carbocycles. The average Bonchev–Trinajstić information content (AvgIpc) is 2.26. The number of thiocarbonyl (C=S) groups is 1. The summed E-state index contributed by atoms with van der Waals surface area (Å²) in [5.41, 5.74) is 1.69. The van der Waals surface area contributed by atoms with E-state index in [1.54, 1.807) is 18.2 Å². The second kappa shape index (κ2) is 6.10. The molecule has 0 aliphatic rings. The Balaban J connectivity index is 2.60. The zero-order valence-electron chi connectivity index (χ0n) is 9.91. The van der Waals surface area contributed by atoms with Crippen molar-refractivity contribution in [1.29, 1.82) is 0 Å². The van der Waals surface area contributed by atoms with Crippen LogP contribution in [0.2, 0.25) is 0 Å². The molecular weight excluding hydrogens is 236 g/mol. The Morgan fingerprint density at radius 2 is 2.24 bits per heavy atom. The number of phenols is 1. The maximum Gasteiger partial charge on any atom is 0.171 e. The van der Waals surface area contributed by atoms with Gasteiger partial charge in [-0.2, -0.15) is 0 Å². The number of benzene rings is 1. The minimum Gasteiger partial charge on any atom is -0.504 e. The first-order chi connectivity index (χ1) is 8.02. The van der Waals surface area contributed by atoms with Crippen LogP contribution >= 0.6 is 12.2 Å². The van der Waals surface area contributed by atoms with Gasteiger partial charge in [-0.25, -0.2) is 0 Å². The zero-order valence-corrected chi connectivity index (χ0v) is 10.7. The number of phenolic OH excluding ortho intramolecular Hbond substituents is 1. The molecule has 1 aromatic rings. The molecule has 0 bridgehead atoms. The van der Waals surface area contributed by atoms with Gasteiger partial charge in [0, 0.05) is 18.3 Å². The average molecular weight is 252 g/mol. The van der Waals surface area contributed by atoms with Crippen LogP contribution < -0.4 is 15.4 Å². The molecule has 0 aromatic heterocycles. The Kier molecular flexibility index (Phi) is 4.78. The van der Waals surface area contributed by atoms with Gasteiger partial charge in [0.05, 0.1) is 7.11 Å². The number of aromatic hydroxyl groups is 1. The van der Waals surface area contributed by atoms with E-state index in [4.69, 9.17) is 17.0 Å². The van der Waals surface area contributed by atoms with E-state index < -0.39 is 0 Å². The lowest BCUT2D eigenvalue weighted by Crippen LogP contribution is -2.29. The minimum absolute atomic E-state index is 0.0696. The largest absolute Gasteiger partial charge is 0.504 e. The predicted octanol–water partition coefficient (Wildman–Crippen LogP) is 2.26. The normalized spacial score (nSPS) is 9.53. The summed E-state index contributed by atoms with van der Waals surface area (Å²) in [6.07, 6.45) is 0. The lowest BCUT2D eigenvalue weighted by molar-refractivity contribution is 0.373. The van der Waals surface area contributed by atoms with Gasteiger partial charge in [0.1, 0.15) is 0 Å². The topological polar surface area (TPSA) is 53.5 Å². The Morgan fingerprint density at radius 3 is 2.76 bits per heavy atom. The van der Waals surface area contributed by atoms with Crippen LogP contribution in [0.4, 0.5) is 5.69 Å². The molecule has 0 saturated heterocycles. The fourth-order valence-electron chi connectivity index (χ4n) is 1.17. The molecule has 1 aromatic carbocycles. The molecule has 1 rings (SSSR count). The van der Waals surface area contributed by atoms with Gasteiger partial charge >= 0.3 is 0 Å². The van der Waals surface area contributed by atoms with Crippen molar-refractivity contribution in [1.82, 2.24) is 5.32 Å². The van der Waals surface area contributed by atoms with E-state index in [2.05, 4.69) is 17.2 Å². The first-order valence-corrected chi connectivity index (χ1v) is 5.50. The summed E-state index contributed by atoms with van der Waals surface area (Å²) in [4.78, 5) is 0. The van der Waals surface area contributed by atoms with Crippen molar-refractivity contribution in [2.75, 3.05) is 19.0 Å². The van der Waals surface area contributed by atoms with Crippen molar-refractivity contribution in [2.24, 2.45) is 0 Å². The summed E-state index contributed by atoms with van der Waals surface area (Å²) in [6, 6.07) is 4.99. The van der Waals surface area contributed by atoms with Gasteiger partial charge in [-0.05, 0) is 31.3 Å². The van der Waals surface area contributed by atoms with Crippen molar-refractivity contribution in [2.45, 2.75) is 6.92 Å². The predicted molar refractivity (Wildman–Crippen MR) is 73.7 cm³/mol. The molecule has 4 nitrogen and oxygen atoms in total. The molecule has 0 amide bonds. The number of hydrogen-bond donors (Lipinski definition) is 3. The molecule has 3 N–H and O–H groups in total. The van der Waals surface area contributed by atoms with Crippen molar-refractivity contribution in [3.8, 4) is 11.5 Å². The van der Waals surface area contributed by atoms with Crippen LogP contribution in [-0.2, 0) is 0 Å². The molecule has 0 unspecified atom stereocenters. The van der Waals surface area contributed by atoms with Crippen molar-refractivity contribution < 1.29 is 9.84 Å². The number of anilines is 1. The Hall–Kier alpha value is -1.75. The van der Waals surface area contributed by atoms with Gasteiger partial charge in [0.15, 0.2) is 16.6 Å². The maximum absolute atomic E-state index is 9.58. The first kappa shape index (κ1) is 13.3. The summed E-state index contributed by atoms with van der Waals surface area (Å²) < 4.78 is 4.95. The van der Waals surface area contributed by atoms with E-state index in [0.717, 1.165) is 5.57 Å². The quantitative estimate of drug-likeness (QED) is 0.567. The molecule has 0 heterocycles. The lowest BCUT2D eigenvalue weighted by atomic mass is 10.3. The van der Waals surface area contributed by atoms with Crippen molar-refractivity contribution >= 4 is 23.0 Å². The molecule has 0 aliphatic heterocycles. The van der Waals surface area contributed by atoms with E-state index in [9.17, 15) is 5.11 Å². The molecule has 0 radical (unpaired) electrons. The molecule has 0 fully saturated rings. The van der Waals surface area contributed by atoms with Crippen LogP contribution in [0, 0.1) is 0 Å². The molecule has 17 heavy (non-hydrogen) atoms. The van der Waals surface area contributed by atoms with Gasteiger partial charge in [-0.1, -0.05) is 12.2 Å². The molecule has 0 aliphatic carbocycles. The standard InChI is InChI=1S/C12H16N2O2S/c1-8(2)7-13-12(17)14-9-4-5-11(16-3)10(15)6-9/h4-6,15H,1,7H2,2-3H3,(H2,13,14,17). The number of ether oxygens (including phenoxy) is 1. The summed E-state index contributed by atoms with van der Waals surface area (Å²) in [6.45, 7) is 6.30. The smallest absolute Gasteiger partial charge is 0.171 e. The van der Waals surface area contributed by atoms with Gasteiger partial charge in [0.2, 0.25) is 0 Å². The monoisotopic (exact) mass is 252 g/mol. The highest BCUT2D eigenvalue weighted by Gasteiger charge is 2.03. The maximum atomic E-state index is 9.58. The fourth-order valence-corrected chi connectivity index (χ4v) is 1.36. The van der Waals surface area contributed by atoms with E-state index in [1.165, 1.54) is 7.11 Å². The third-order valence-electron chi connectivity index (χ3n) is 1.99. The number of methoxy groups -OCH3 is 1. The summed E-state index contributed by atoms with van der Waals surface area (Å²) in [5.74, 6) is 0.497. The van der Waals surface area contributed by atoms with Gasteiger partial charge < -0.3 is 20.5 Å².